The maximum Gasteiger partial charge on any atom is 0.433 e. The number of aliphatic hydroxyl groups excluding tert-OH is 1. The molecule has 37 heavy (non-hydrogen) atoms. The third-order valence-corrected chi connectivity index (χ3v) is 6.77. The van der Waals surface area contributed by atoms with Crippen LogP contribution in [0.5, 0.6) is 5.75 Å². The third kappa shape index (κ3) is 6.50. The Balaban J connectivity index is 1.27. The van der Waals surface area contributed by atoms with E-state index in [0.29, 0.717) is 23.5 Å². The minimum absolute atomic E-state index is 0.0207. The van der Waals surface area contributed by atoms with E-state index in [1.807, 2.05) is 5.10 Å². The van der Waals surface area contributed by atoms with Crippen molar-refractivity contribution in [1.29, 1.82) is 0 Å². The molecule has 4 aromatic rings. The second-order valence-electron chi connectivity index (χ2n) is 8.15. The van der Waals surface area contributed by atoms with Crippen molar-refractivity contribution >= 4 is 32.3 Å². The molecule has 1 aromatic heterocycles. The quantitative estimate of drug-likeness (QED) is 0.154. The number of H-pyrrole nitrogens is 1. The number of hydrogen-bond donors (Lipinski definition) is 5. The number of halogens is 3. The molecule has 6 N–H and O–H groups in total. The number of sulfonamides is 1. The first-order chi connectivity index (χ1) is 17.5. The van der Waals surface area contributed by atoms with Crippen LogP contribution in [0.25, 0.3) is 10.9 Å². The lowest BCUT2D eigenvalue weighted by atomic mass is 10.1. The first kappa shape index (κ1) is 26.3. The Labute approximate surface area is 210 Å². The highest BCUT2D eigenvalue weighted by Gasteiger charge is 2.35. The first-order valence-electron chi connectivity index (χ1n) is 11.1. The molecular formula is C24H24F3N5O4S. The van der Waals surface area contributed by atoms with Gasteiger partial charge in [-0.3, -0.25) is 9.82 Å². The van der Waals surface area contributed by atoms with Gasteiger partial charge in [0.15, 0.2) is 0 Å². The van der Waals surface area contributed by atoms with Gasteiger partial charge in [-0.15, -0.1) is 0 Å². The zero-order valence-corrected chi connectivity index (χ0v) is 20.1. The summed E-state index contributed by atoms with van der Waals surface area (Å²) in [5.41, 5.74) is 5.99. The molecule has 0 amide bonds. The lowest BCUT2D eigenvalue weighted by molar-refractivity contribution is -0.139. The minimum Gasteiger partial charge on any atom is -0.492 e. The maximum atomic E-state index is 12.9. The molecule has 13 heteroatoms. The largest absolute Gasteiger partial charge is 0.492 e. The molecule has 3 aromatic carbocycles. The van der Waals surface area contributed by atoms with E-state index in [2.05, 4.69) is 15.1 Å². The number of aromatic nitrogens is 2. The minimum atomic E-state index is -4.53. The highest BCUT2D eigenvalue weighted by Crippen LogP contribution is 2.34. The van der Waals surface area contributed by atoms with Crippen LogP contribution in [-0.4, -0.2) is 43.4 Å². The Morgan fingerprint density at radius 2 is 1.86 bits per heavy atom. The summed E-state index contributed by atoms with van der Waals surface area (Å²) >= 11 is 0. The molecular weight excluding hydrogens is 511 g/mol. The van der Waals surface area contributed by atoms with E-state index in [-0.39, 0.29) is 34.6 Å². The van der Waals surface area contributed by atoms with Crippen molar-refractivity contribution in [1.82, 2.24) is 15.5 Å². The second-order valence-corrected chi connectivity index (χ2v) is 9.83. The number of alkyl halides is 3. The highest BCUT2D eigenvalue weighted by atomic mass is 32.2. The number of aromatic amines is 1. The first-order valence-corrected chi connectivity index (χ1v) is 12.6. The third-order valence-electron chi connectivity index (χ3n) is 5.39. The number of nitrogens with zero attached hydrogens (tertiary/aromatic N) is 1. The molecule has 0 bridgehead atoms. The van der Waals surface area contributed by atoms with Crippen LogP contribution < -0.4 is 20.5 Å². The number of ether oxygens (including phenoxy) is 1. The van der Waals surface area contributed by atoms with E-state index in [1.54, 1.807) is 30.3 Å². The van der Waals surface area contributed by atoms with Gasteiger partial charge in [0.2, 0.25) is 0 Å². The Kier molecular flexibility index (Phi) is 7.57. The number of aliphatic hydroxyl groups is 1. The van der Waals surface area contributed by atoms with Crippen LogP contribution in [0.3, 0.4) is 0 Å². The number of hydrogen-bond acceptors (Lipinski definition) is 7. The van der Waals surface area contributed by atoms with Gasteiger partial charge in [-0.1, -0.05) is 18.2 Å². The molecule has 0 saturated heterocycles. The molecule has 1 atom stereocenters. The summed E-state index contributed by atoms with van der Waals surface area (Å²) in [6.07, 6.45) is -5.46. The summed E-state index contributed by atoms with van der Waals surface area (Å²) < 4.78 is 72.0. The molecule has 0 aliphatic rings. The fourth-order valence-corrected chi connectivity index (χ4v) is 4.70. The van der Waals surface area contributed by atoms with Crippen molar-refractivity contribution in [2.24, 2.45) is 0 Å². The second kappa shape index (κ2) is 10.7. The van der Waals surface area contributed by atoms with E-state index in [0.717, 1.165) is 0 Å². The zero-order valence-electron chi connectivity index (χ0n) is 19.3. The lowest BCUT2D eigenvalue weighted by Crippen LogP contribution is -2.26. The van der Waals surface area contributed by atoms with E-state index in [9.17, 15) is 26.7 Å². The molecule has 0 unspecified atom stereocenters. The molecule has 0 radical (unpaired) electrons. The highest BCUT2D eigenvalue weighted by molar-refractivity contribution is 7.92. The van der Waals surface area contributed by atoms with Gasteiger partial charge in [0.25, 0.3) is 10.0 Å². The van der Waals surface area contributed by atoms with Gasteiger partial charge in [-0.25, -0.2) is 8.42 Å². The topological polar surface area (TPSA) is 142 Å². The van der Waals surface area contributed by atoms with E-state index >= 15 is 0 Å². The van der Waals surface area contributed by atoms with Crippen LogP contribution in [0.2, 0.25) is 0 Å². The molecule has 4 rings (SSSR count). The molecule has 9 nitrogen and oxygen atoms in total. The summed E-state index contributed by atoms with van der Waals surface area (Å²) in [7, 11) is -3.85. The Morgan fingerprint density at radius 1 is 1.08 bits per heavy atom. The molecule has 0 spiro atoms. The zero-order chi connectivity index (χ0) is 26.6. The lowest BCUT2D eigenvalue weighted by Gasteiger charge is -2.15. The van der Waals surface area contributed by atoms with Crippen molar-refractivity contribution in [3.05, 3.63) is 78.0 Å². The summed E-state index contributed by atoms with van der Waals surface area (Å²) in [4.78, 5) is 0.0207. The van der Waals surface area contributed by atoms with Crippen LogP contribution in [0.15, 0.2) is 71.6 Å². The number of rotatable bonds is 10. The van der Waals surface area contributed by atoms with Gasteiger partial charge >= 0.3 is 6.18 Å². The van der Waals surface area contributed by atoms with Crippen molar-refractivity contribution in [3.8, 4) is 5.75 Å². The smallest absolute Gasteiger partial charge is 0.433 e. The number of benzene rings is 3. The standard InChI is InChI=1S/C24H24F3N5O4S/c25-24(26,27)23-20-8-7-18(13-21(20)30-31-23)36-10-9-29-14-22(33)15-3-1-5-17(11-15)32-37(34,35)19-6-2-4-16(28)12-19/h1-8,11-13,22,29,32-33H,9-10,14,28H2,(H,30,31)/t22-/m0/s1. The average molecular weight is 536 g/mol. The summed E-state index contributed by atoms with van der Waals surface area (Å²) in [6, 6.07) is 16.4. The number of nitrogens with two attached hydrogens (primary N) is 1. The van der Waals surface area contributed by atoms with E-state index < -0.39 is 28.0 Å². The van der Waals surface area contributed by atoms with Gasteiger partial charge < -0.3 is 20.9 Å². The molecule has 0 aliphatic carbocycles. The van der Waals surface area contributed by atoms with Crippen LogP contribution in [-0.2, 0) is 16.2 Å². The van der Waals surface area contributed by atoms with E-state index in [1.165, 1.54) is 36.4 Å². The summed E-state index contributed by atoms with van der Waals surface area (Å²) in [6.45, 7) is 0.683. The Hall–Kier alpha value is -3.81. The number of nitrogens with one attached hydrogen (secondary N) is 3. The summed E-state index contributed by atoms with van der Waals surface area (Å²) in [5.74, 6) is 0.357. The molecule has 0 saturated carbocycles. The van der Waals surface area contributed by atoms with E-state index in [4.69, 9.17) is 10.5 Å². The van der Waals surface area contributed by atoms with Crippen molar-refractivity contribution in [3.63, 3.8) is 0 Å². The number of anilines is 2. The van der Waals surface area contributed by atoms with Crippen molar-refractivity contribution in [2.45, 2.75) is 17.2 Å². The molecule has 0 aliphatic heterocycles. The SMILES string of the molecule is Nc1cccc(S(=O)(=O)Nc2cccc([C@@H](O)CNCCOc3ccc4c(C(F)(F)F)[nH]nc4c3)c2)c1. The van der Waals surface area contributed by atoms with Gasteiger partial charge in [0, 0.05) is 35.9 Å². The molecule has 0 fully saturated rings. The normalized spacial score (nSPS) is 13.0. The van der Waals surface area contributed by atoms with Gasteiger partial charge in [0.05, 0.1) is 16.5 Å². The van der Waals surface area contributed by atoms with Gasteiger partial charge in [-0.05, 0) is 48.0 Å². The van der Waals surface area contributed by atoms with Crippen LogP contribution in [0.4, 0.5) is 24.5 Å². The summed E-state index contributed by atoms with van der Waals surface area (Å²) in [5, 5.41) is 19.1. The predicted molar refractivity (Wildman–Crippen MR) is 133 cm³/mol. The molecule has 1 heterocycles. The van der Waals surface area contributed by atoms with Crippen LogP contribution in [0, 0.1) is 0 Å². The fourth-order valence-electron chi connectivity index (χ4n) is 3.60. The Bertz CT molecular complexity index is 1490. The number of nitrogen functional groups attached to an aromatic ring is 1. The monoisotopic (exact) mass is 535 g/mol. The van der Waals surface area contributed by atoms with Gasteiger partial charge in [0.1, 0.15) is 18.1 Å². The maximum absolute atomic E-state index is 12.9. The fraction of sp³-hybridized carbons (Fsp3) is 0.208. The number of fused-ring (bicyclic) bond motifs is 1. The van der Waals surface area contributed by atoms with Crippen LogP contribution >= 0.6 is 0 Å². The predicted octanol–water partition coefficient (Wildman–Crippen LogP) is 3.67. The average Bonchev–Trinajstić information content (AvgIpc) is 3.28. The Morgan fingerprint density at radius 3 is 2.62 bits per heavy atom. The van der Waals surface area contributed by atoms with Crippen LogP contribution in [0.1, 0.15) is 17.4 Å². The van der Waals surface area contributed by atoms with Crippen molar-refractivity contribution < 1.29 is 31.4 Å². The van der Waals surface area contributed by atoms with Crippen molar-refractivity contribution in [2.75, 3.05) is 30.2 Å². The molecule has 196 valence electrons. The van der Waals surface area contributed by atoms with Gasteiger partial charge in [-0.2, -0.15) is 18.3 Å².